The van der Waals surface area contributed by atoms with Gasteiger partial charge in [0.15, 0.2) is 9.84 Å². The van der Waals surface area contributed by atoms with Crippen molar-refractivity contribution in [1.82, 2.24) is 9.97 Å². The summed E-state index contributed by atoms with van der Waals surface area (Å²) in [5, 5.41) is 3.14. The van der Waals surface area contributed by atoms with Gasteiger partial charge in [-0.2, -0.15) is 0 Å². The number of halogens is 1. The maximum Gasteiger partial charge on any atom is 0.180 e. The third-order valence-corrected chi connectivity index (χ3v) is 5.50. The van der Waals surface area contributed by atoms with Crippen molar-refractivity contribution in [2.75, 3.05) is 17.6 Å². The lowest BCUT2D eigenvalue weighted by Gasteiger charge is -2.09. The highest BCUT2D eigenvalue weighted by Gasteiger charge is 2.13. The number of fused-ring (bicyclic) bond motifs is 1. The molecule has 2 aromatic heterocycles. The summed E-state index contributed by atoms with van der Waals surface area (Å²) in [7, 11) is -3.30. The molecule has 7 heteroatoms. The maximum absolute atomic E-state index is 12.3. The van der Waals surface area contributed by atoms with Crippen LogP contribution < -0.4 is 5.32 Å². The molecular formula is C16H14BrN3O2S. The summed E-state index contributed by atoms with van der Waals surface area (Å²) in [4.78, 5) is 8.93. The second-order valence-electron chi connectivity index (χ2n) is 4.94. The number of pyridine rings is 2. The second kappa shape index (κ2) is 6.64. The first-order valence-electron chi connectivity index (χ1n) is 6.98. The van der Waals surface area contributed by atoms with Crippen molar-refractivity contribution in [3.8, 4) is 0 Å². The van der Waals surface area contributed by atoms with Gasteiger partial charge in [-0.3, -0.25) is 9.97 Å². The van der Waals surface area contributed by atoms with Crippen molar-refractivity contribution in [3.63, 3.8) is 0 Å². The largest absolute Gasteiger partial charge is 0.382 e. The van der Waals surface area contributed by atoms with E-state index in [1.807, 2.05) is 6.07 Å². The van der Waals surface area contributed by atoms with E-state index >= 15 is 0 Å². The molecule has 3 rings (SSSR count). The van der Waals surface area contributed by atoms with E-state index in [4.69, 9.17) is 0 Å². The Bertz CT molecular complexity index is 930. The number of nitrogens with one attached hydrogen (secondary N) is 1. The van der Waals surface area contributed by atoms with Crippen LogP contribution in [0.5, 0.6) is 0 Å². The van der Waals surface area contributed by atoms with Crippen LogP contribution in [0, 0.1) is 0 Å². The van der Waals surface area contributed by atoms with Crippen LogP contribution in [-0.2, 0) is 9.84 Å². The molecule has 23 heavy (non-hydrogen) atoms. The number of anilines is 1. The zero-order valence-corrected chi connectivity index (χ0v) is 14.5. The third kappa shape index (κ3) is 3.68. The molecule has 0 saturated carbocycles. The zero-order chi connectivity index (χ0) is 16.3. The zero-order valence-electron chi connectivity index (χ0n) is 12.1. The lowest BCUT2D eigenvalue weighted by Crippen LogP contribution is -2.16. The molecule has 0 spiro atoms. The summed E-state index contributed by atoms with van der Waals surface area (Å²) in [6.45, 7) is 0.300. The molecule has 0 unspecified atom stereocenters. The average Bonchev–Trinajstić information content (AvgIpc) is 2.55. The molecule has 1 aromatic carbocycles. The topological polar surface area (TPSA) is 72.0 Å². The van der Waals surface area contributed by atoms with Gasteiger partial charge in [0.25, 0.3) is 0 Å². The fraction of sp³-hybridized carbons (Fsp3) is 0.125. The monoisotopic (exact) mass is 391 g/mol. The Kier molecular flexibility index (Phi) is 4.58. The first-order valence-corrected chi connectivity index (χ1v) is 9.43. The van der Waals surface area contributed by atoms with Gasteiger partial charge in [-0.05, 0) is 40.2 Å². The second-order valence-corrected chi connectivity index (χ2v) is 7.96. The Balaban J connectivity index is 1.74. The van der Waals surface area contributed by atoms with Gasteiger partial charge in [0.2, 0.25) is 0 Å². The molecule has 0 fully saturated rings. The van der Waals surface area contributed by atoms with Crippen molar-refractivity contribution >= 4 is 42.5 Å². The van der Waals surface area contributed by atoms with E-state index in [1.165, 1.54) is 0 Å². The molecule has 0 aliphatic rings. The fourth-order valence-electron chi connectivity index (χ4n) is 2.21. The average molecular weight is 392 g/mol. The van der Waals surface area contributed by atoms with Gasteiger partial charge in [-0.1, -0.05) is 18.2 Å². The minimum atomic E-state index is -3.30. The van der Waals surface area contributed by atoms with Crippen molar-refractivity contribution in [2.45, 2.75) is 4.90 Å². The molecule has 0 aliphatic heterocycles. The highest BCUT2D eigenvalue weighted by Crippen LogP contribution is 2.22. The highest BCUT2D eigenvalue weighted by atomic mass is 79.9. The normalized spacial score (nSPS) is 11.5. The van der Waals surface area contributed by atoms with Crippen LogP contribution in [0.4, 0.5) is 5.69 Å². The molecule has 3 aromatic rings. The molecule has 0 radical (unpaired) electrons. The number of hydrogen-bond acceptors (Lipinski definition) is 5. The Morgan fingerprint density at radius 2 is 1.87 bits per heavy atom. The minimum Gasteiger partial charge on any atom is -0.382 e. The summed E-state index contributed by atoms with van der Waals surface area (Å²) in [5.41, 5.74) is 2.23. The van der Waals surface area contributed by atoms with Gasteiger partial charge in [0.05, 0.1) is 21.9 Å². The van der Waals surface area contributed by atoms with Crippen LogP contribution >= 0.6 is 15.9 Å². The van der Waals surface area contributed by atoms with Crippen molar-refractivity contribution in [3.05, 3.63) is 59.3 Å². The quantitative estimate of drug-likeness (QED) is 0.722. The van der Waals surface area contributed by atoms with Crippen molar-refractivity contribution in [1.29, 1.82) is 0 Å². The first-order chi connectivity index (χ1) is 11.1. The lowest BCUT2D eigenvalue weighted by molar-refractivity contribution is 0.596. The predicted octanol–water partition coefficient (Wildman–Crippen LogP) is 3.28. The van der Waals surface area contributed by atoms with Gasteiger partial charge in [-0.15, -0.1) is 0 Å². The van der Waals surface area contributed by atoms with Crippen LogP contribution in [-0.4, -0.2) is 30.7 Å². The number of hydrogen-bond donors (Lipinski definition) is 1. The van der Waals surface area contributed by atoms with E-state index in [2.05, 4.69) is 31.2 Å². The van der Waals surface area contributed by atoms with Gasteiger partial charge in [0, 0.05) is 23.4 Å². The van der Waals surface area contributed by atoms with E-state index in [0.717, 1.165) is 15.7 Å². The van der Waals surface area contributed by atoms with Gasteiger partial charge in [0.1, 0.15) is 5.52 Å². The molecule has 0 atom stereocenters. The maximum atomic E-state index is 12.3. The molecule has 0 aliphatic carbocycles. The molecule has 0 amide bonds. The predicted molar refractivity (Wildman–Crippen MR) is 94.2 cm³/mol. The Morgan fingerprint density at radius 1 is 1.09 bits per heavy atom. The summed E-state index contributed by atoms with van der Waals surface area (Å²) in [5.74, 6) is 0.0113. The van der Waals surface area contributed by atoms with Gasteiger partial charge >= 0.3 is 0 Å². The Morgan fingerprint density at radius 3 is 2.65 bits per heavy atom. The van der Waals surface area contributed by atoms with E-state index in [9.17, 15) is 8.42 Å². The van der Waals surface area contributed by atoms with E-state index in [1.54, 1.807) is 48.8 Å². The molecular weight excluding hydrogens is 378 g/mol. The molecule has 118 valence electrons. The van der Waals surface area contributed by atoms with Gasteiger partial charge < -0.3 is 5.32 Å². The fourth-order valence-corrected chi connectivity index (χ4v) is 3.71. The number of nitrogens with zero attached hydrogens (tertiary/aromatic N) is 2. The summed E-state index contributed by atoms with van der Waals surface area (Å²) in [6, 6.07) is 12.1. The number of benzene rings is 1. The molecule has 0 bridgehead atoms. The van der Waals surface area contributed by atoms with Crippen LogP contribution in [0.1, 0.15) is 0 Å². The standard InChI is InChI=1S/C16H14BrN3O2S/c17-12-10-15-16(20-11-12)14(6-7-18-15)19-8-9-23(21,22)13-4-2-1-3-5-13/h1-7,10-11H,8-9H2,(H,18,19). The van der Waals surface area contributed by atoms with E-state index in [0.29, 0.717) is 17.0 Å². The van der Waals surface area contributed by atoms with E-state index in [-0.39, 0.29) is 5.75 Å². The smallest absolute Gasteiger partial charge is 0.180 e. The van der Waals surface area contributed by atoms with Crippen LogP contribution in [0.3, 0.4) is 0 Å². The Labute approximate surface area is 142 Å². The van der Waals surface area contributed by atoms with Crippen molar-refractivity contribution in [2.24, 2.45) is 0 Å². The van der Waals surface area contributed by atoms with Gasteiger partial charge in [-0.25, -0.2) is 8.42 Å². The number of sulfone groups is 1. The molecule has 1 N–H and O–H groups in total. The number of aromatic nitrogens is 2. The van der Waals surface area contributed by atoms with Crippen molar-refractivity contribution < 1.29 is 8.42 Å². The summed E-state index contributed by atoms with van der Waals surface area (Å²) >= 11 is 3.36. The SMILES string of the molecule is O=S(=O)(CCNc1ccnc2cc(Br)cnc12)c1ccccc1. The Hall–Kier alpha value is -1.99. The van der Waals surface area contributed by atoms with Crippen LogP contribution in [0.25, 0.3) is 11.0 Å². The summed E-state index contributed by atoms with van der Waals surface area (Å²) in [6.07, 6.45) is 3.36. The summed E-state index contributed by atoms with van der Waals surface area (Å²) < 4.78 is 25.4. The lowest BCUT2D eigenvalue weighted by atomic mass is 10.3. The highest BCUT2D eigenvalue weighted by molar-refractivity contribution is 9.10. The molecule has 0 saturated heterocycles. The first kappa shape index (κ1) is 15.9. The van der Waals surface area contributed by atoms with Crippen LogP contribution in [0.15, 0.2) is 64.2 Å². The third-order valence-electron chi connectivity index (χ3n) is 3.33. The van der Waals surface area contributed by atoms with E-state index < -0.39 is 9.84 Å². The molecule has 2 heterocycles. The number of rotatable bonds is 5. The van der Waals surface area contributed by atoms with Crippen LogP contribution in [0.2, 0.25) is 0 Å². The molecule has 5 nitrogen and oxygen atoms in total. The minimum absolute atomic E-state index is 0.0113.